The second-order valence-corrected chi connectivity index (χ2v) is 7.19. The summed E-state index contributed by atoms with van der Waals surface area (Å²) in [5.74, 6) is 0.608. The summed E-state index contributed by atoms with van der Waals surface area (Å²) in [6.07, 6.45) is 5.43. The topological polar surface area (TPSA) is 38.4 Å². The number of aromatic nitrogens is 1. The van der Waals surface area contributed by atoms with E-state index >= 15 is 0 Å². The van der Waals surface area contributed by atoms with Crippen molar-refractivity contribution in [1.82, 2.24) is 4.98 Å². The van der Waals surface area contributed by atoms with Gasteiger partial charge in [-0.3, -0.25) is 4.99 Å². The molecule has 0 unspecified atom stereocenters. The standard InChI is InChI=1S/C23H16Cl2N2O/c1-15-4-2-5-17(12-15)23-27-21-14-19(9-10-22(21)28-23)26-11-3-6-16-7-8-18(24)13-20(16)25/h2-14H,1H3/b6-3+,26-11?. The molecule has 0 N–H and O–H groups in total. The van der Waals surface area contributed by atoms with Crippen LogP contribution in [-0.2, 0) is 0 Å². The summed E-state index contributed by atoms with van der Waals surface area (Å²) in [6, 6.07) is 19.1. The van der Waals surface area contributed by atoms with Crippen LogP contribution in [0.2, 0.25) is 10.0 Å². The van der Waals surface area contributed by atoms with Gasteiger partial charge >= 0.3 is 0 Å². The molecule has 4 aromatic rings. The number of rotatable bonds is 4. The van der Waals surface area contributed by atoms with Crippen LogP contribution in [0.1, 0.15) is 11.1 Å². The van der Waals surface area contributed by atoms with Gasteiger partial charge in [-0.05, 0) is 61.0 Å². The number of halogens is 2. The van der Waals surface area contributed by atoms with Crippen molar-refractivity contribution < 1.29 is 4.42 Å². The Hall–Kier alpha value is -2.88. The molecule has 0 atom stereocenters. The highest BCUT2D eigenvalue weighted by Gasteiger charge is 2.08. The van der Waals surface area contributed by atoms with Gasteiger partial charge in [0.25, 0.3) is 0 Å². The van der Waals surface area contributed by atoms with E-state index in [-0.39, 0.29) is 0 Å². The van der Waals surface area contributed by atoms with Crippen molar-refractivity contribution in [2.24, 2.45) is 4.99 Å². The molecule has 0 bridgehead atoms. The van der Waals surface area contributed by atoms with E-state index in [0.29, 0.717) is 15.9 Å². The highest BCUT2D eigenvalue weighted by atomic mass is 35.5. The second kappa shape index (κ2) is 8.01. The third-order valence-corrected chi connectivity index (χ3v) is 4.75. The molecule has 0 spiro atoms. The zero-order chi connectivity index (χ0) is 19.5. The molecule has 28 heavy (non-hydrogen) atoms. The Morgan fingerprint density at radius 3 is 2.71 bits per heavy atom. The summed E-state index contributed by atoms with van der Waals surface area (Å²) >= 11 is 12.1. The number of benzene rings is 3. The third kappa shape index (κ3) is 4.16. The Morgan fingerprint density at radius 1 is 1.00 bits per heavy atom. The molecule has 4 rings (SSSR count). The van der Waals surface area contributed by atoms with Gasteiger partial charge in [-0.1, -0.05) is 53.0 Å². The first-order chi connectivity index (χ1) is 13.6. The fourth-order valence-corrected chi connectivity index (χ4v) is 3.28. The fraction of sp³-hybridized carbons (Fsp3) is 0.0435. The summed E-state index contributed by atoms with van der Waals surface area (Å²) in [5, 5.41) is 1.21. The third-order valence-electron chi connectivity index (χ3n) is 4.18. The molecule has 1 heterocycles. The quantitative estimate of drug-likeness (QED) is 0.328. The lowest BCUT2D eigenvalue weighted by molar-refractivity contribution is 0.620. The minimum absolute atomic E-state index is 0.602. The van der Waals surface area contributed by atoms with E-state index in [1.54, 1.807) is 18.3 Å². The molecule has 1 aromatic heterocycles. The van der Waals surface area contributed by atoms with Crippen LogP contribution >= 0.6 is 23.2 Å². The predicted molar refractivity (Wildman–Crippen MR) is 118 cm³/mol. The maximum atomic E-state index is 6.15. The minimum Gasteiger partial charge on any atom is -0.436 e. The zero-order valence-electron chi connectivity index (χ0n) is 15.1. The molecule has 0 aliphatic heterocycles. The van der Waals surface area contributed by atoms with Crippen molar-refractivity contribution in [3.05, 3.63) is 87.9 Å². The van der Waals surface area contributed by atoms with Crippen LogP contribution in [0.4, 0.5) is 5.69 Å². The molecule has 0 amide bonds. The van der Waals surface area contributed by atoms with Crippen molar-refractivity contribution in [2.45, 2.75) is 6.92 Å². The summed E-state index contributed by atoms with van der Waals surface area (Å²) in [7, 11) is 0. The maximum absolute atomic E-state index is 6.15. The number of fused-ring (bicyclic) bond motifs is 1. The van der Waals surface area contributed by atoms with E-state index in [1.807, 2.05) is 61.5 Å². The summed E-state index contributed by atoms with van der Waals surface area (Å²) in [6.45, 7) is 2.05. The normalized spacial score (nSPS) is 11.8. The van der Waals surface area contributed by atoms with E-state index in [1.165, 1.54) is 0 Å². The van der Waals surface area contributed by atoms with Gasteiger partial charge in [0.15, 0.2) is 5.58 Å². The molecular formula is C23H16Cl2N2O. The van der Waals surface area contributed by atoms with Crippen molar-refractivity contribution in [3.8, 4) is 11.5 Å². The first kappa shape index (κ1) is 18.5. The van der Waals surface area contributed by atoms with Gasteiger partial charge in [-0.25, -0.2) is 4.98 Å². The first-order valence-electron chi connectivity index (χ1n) is 8.72. The maximum Gasteiger partial charge on any atom is 0.227 e. The van der Waals surface area contributed by atoms with Crippen LogP contribution in [0.15, 0.2) is 76.1 Å². The number of oxazole rings is 1. The Bertz CT molecular complexity index is 1210. The lowest BCUT2D eigenvalue weighted by Gasteiger charge is -1.97. The molecule has 0 fully saturated rings. The number of aryl methyl sites for hydroxylation is 1. The molecule has 3 nitrogen and oxygen atoms in total. The average molecular weight is 407 g/mol. The van der Waals surface area contributed by atoms with Crippen molar-refractivity contribution in [3.63, 3.8) is 0 Å². The van der Waals surface area contributed by atoms with Gasteiger partial charge in [-0.2, -0.15) is 0 Å². The van der Waals surface area contributed by atoms with Gasteiger partial charge in [0.2, 0.25) is 5.89 Å². The molecule has 5 heteroatoms. The number of aliphatic imine (C=N–C) groups is 1. The molecule has 0 radical (unpaired) electrons. The number of nitrogens with zero attached hydrogens (tertiary/aromatic N) is 2. The van der Waals surface area contributed by atoms with Gasteiger partial charge in [0.05, 0.1) is 5.69 Å². The Balaban J connectivity index is 1.54. The second-order valence-electron chi connectivity index (χ2n) is 6.34. The lowest BCUT2D eigenvalue weighted by atomic mass is 10.1. The van der Waals surface area contributed by atoms with Crippen LogP contribution in [0.25, 0.3) is 28.6 Å². The molecule has 0 aliphatic carbocycles. The van der Waals surface area contributed by atoms with E-state index in [4.69, 9.17) is 27.6 Å². The predicted octanol–water partition coefficient (Wildman–Crippen LogP) is 7.53. The van der Waals surface area contributed by atoms with Crippen LogP contribution in [0.5, 0.6) is 0 Å². The molecule has 3 aromatic carbocycles. The Morgan fingerprint density at radius 2 is 1.89 bits per heavy atom. The largest absolute Gasteiger partial charge is 0.436 e. The molecule has 0 saturated heterocycles. The number of hydrogen-bond donors (Lipinski definition) is 0. The highest BCUT2D eigenvalue weighted by Crippen LogP contribution is 2.27. The molecule has 138 valence electrons. The van der Waals surface area contributed by atoms with Crippen molar-refractivity contribution in [1.29, 1.82) is 0 Å². The zero-order valence-corrected chi connectivity index (χ0v) is 16.6. The molecule has 0 saturated carbocycles. The highest BCUT2D eigenvalue weighted by molar-refractivity contribution is 6.35. The van der Waals surface area contributed by atoms with Gasteiger partial charge in [-0.15, -0.1) is 0 Å². The SMILES string of the molecule is Cc1cccc(-c2nc3cc(N=C/C=C/c4ccc(Cl)cc4Cl)ccc3o2)c1. The van der Waals surface area contributed by atoms with Gasteiger partial charge < -0.3 is 4.42 Å². The number of hydrogen-bond acceptors (Lipinski definition) is 3. The van der Waals surface area contributed by atoms with Crippen molar-refractivity contribution in [2.75, 3.05) is 0 Å². The smallest absolute Gasteiger partial charge is 0.227 e. The fourth-order valence-electron chi connectivity index (χ4n) is 2.81. The van der Waals surface area contributed by atoms with E-state index < -0.39 is 0 Å². The monoisotopic (exact) mass is 406 g/mol. The Labute approximate surface area is 173 Å². The van der Waals surface area contributed by atoms with Crippen molar-refractivity contribution >= 4 is 52.3 Å². The van der Waals surface area contributed by atoms with Crippen LogP contribution in [0.3, 0.4) is 0 Å². The minimum atomic E-state index is 0.602. The molecule has 0 aliphatic rings. The summed E-state index contributed by atoms with van der Waals surface area (Å²) in [4.78, 5) is 9.04. The van der Waals surface area contributed by atoms with Gasteiger partial charge in [0, 0.05) is 21.8 Å². The van der Waals surface area contributed by atoms with E-state index in [9.17, 15) is 0 Å². The summed E-state index contributed by atoms with van der Waals surface area (Å²) < 4.78 is 5.87. The Kier molecular flexibility index (Phi) is 5.29. The van der Waals surface area contributed by atoms with Crippen LogP contribution in [-0.4, -0.2) is 11.2 Å². The van der Waals surface area contributed by atoms with E-state index in [2.05, 4.69) is 16.0 Å². The van der Waals surface area contributed by atoms with Crippen LogP contribution in [0, 0.1) is 6.92 Å². The number of allylic oxidation sites excluding steroid dienone is 1. The van der Waals surface area contributed by atoms with Crippen LogP contribution < -0.4 is 0 Å². The lowest BCUT2D eigenvalue weighted by Crippen LogP contribution is -1.78. The van der Waals surface area contributed by atoms with Gasteiger partial charge in [0.1, 0.15) is 5.52 Å². The van der Waals surface area contributed by atoms with E-state index in [0.717, 1.165) is 33.5 Å². The summed E-state index contributed by atoms with van der Waals surface area (Å²) in [5.41, 5.74) is 5.31. The average Bonchev–Trinajstić information content (AvgIpc) is 3.10. The first-order valence-corrected chi connectivity index (χ1v) is 9.47. The molecular weight excluding hydrogens is 391 g/mol.